The van der Waals surface area contributed by atoms with Crippen LogP contribution in [0, 0.1) is 22.7 Å². The fourth-order valence-corrected chi connectivity index (χ4v) is 2.75. The number of fused-ring (bicyclic) bond motifs is 1. The van der Waals surface area contributed by atoms with Gasteiger partial charge in [0.15, 0.2) is 11.5 Å². The van der Waals surface area contributed by atoms with E-state index < -0.39 is 0 Å². The number of pyridine rings is 1. The first-order chi connectivity index (χ1) is 11.6. The average molecular weight is 320 g/mol. The summed E-state index contributed by atoms with van der Waals surface area (Å²) in [4.78, 5) is 4.26. The van der Waals surface area contributed by atoms with Crippen molar-refractivity contribution in [1.82, 2.24) is 4.98 Å². The molecule has 2 aromatic rings. The normalized spacial score (nSPS) is 12.5. The molecule has 3 rings (SSSR count). The quantitative estimate of drug-likeness (QED) is 0.912. The summed E-state index contributed by atoms with van der Waals surface area (Å²) >= 11 is 0. The molecular formula is C18H16N4O2. The first-order valence-corrected chi connectivity index (χ1v) is 7.60. The van der Waals surface area contributed by atoms with Crippen molar-refractivity contribution in [2.24, 2.45) is 0 Å². The zero-order chi connectivity index (χ0) is 17.3. The highest BCUT2D eigenvalue weighted by atomic mass is 16.6. The molecule has 0 radical (unpaired) electrons. The fraction of sp³-hybridized carbons (Fsp3) is 0.278. The number of nitriles is 2. The second kappa shape index (κ2) is 6.10. The first kappa shape index (κ1) is 15.6. The summed E-state index contributed by atoms with van der Waals surface area (Å²) in [6.45, 7) is 4.83. The molecule has 0 bridgehead atoms. The Labute approximate surface area is 140 Å². The number of nitrogens with two attached hydrogens (primary N) is 1. The Morgan fingerprint density at radius 1 is 1.08 bits per heavy atom. The zero-order valence-corrected chi connectivity index (χ0v) is 13.5. The Bertz CT molecular complexity index is 891. The molecule has 6 heteroatoms. The lowest BCUT2D eigenvalue weighted by atomic mass is 9.91. The Balaban J connectivity index is 2.31. The summed E-state index contributed by atoms with van der Waals surface area (Å²) in [5, 5.41) is 19.2. The van der Waals surface area contributed by atoms with E-state index in [2.05, 4.69) is 17.1 Å². The van der Waals surface area contributed by atoms with E-state index >= 15 is 0 Å². The van der Waals surface area contributed by atoms with Gasteiger partial charge in [0, 0.05) is 5.56 Å². The number of benzene rings is 1. The van der Waals surface area contributed by atoms with E-state index in [1.165, 1.54) is 0 Å². The lowest BCUT2D eigenvalue weighted by Gasteiger charge is -2.20. The van der Waals surface area contributed by atoms with Crippen LogP contribution in [0.5, 0.6) is 11.5 Å². The third kappa shape index (κ3) is 2.49. The molecule has 1 aliphatic heterocycles. The van der Waals surface area contributed by atoms with Gasteiger partial charge >= 0.3 is 0 Å². The van der Waals surface area contributed by atoms with Gasteiger partial charge in [0.2, 0.25) is 0 Å². The molecule has 1 aromatic carbocycles. The summed E-state index contributed by atoms with van der Waals surface area (Å²) in [5.41, 5.74) is 8.30. The van der Waals surface area contributed by atoms with Crippen molar-refractivity contribution in [2.45, 2.75) is 19.8 Å². The molecule has 0 unspecified atom stereocenters. The van der Waals surface area contributed by atoms with Crippen molar-refractivity contribution in [2.75, 3.05) is 18.9 Å². The lowest BCUT2D eigenvalue weighted by molar-refractivity contribution is 0.171. The maximum absolute atomic E-state index is 9.66. The Hall–Kier alpha value is -3.25. The molecule has 1 aromatic heterocycles. The Morgan fingerprint density at radius 3 is 2.38 bits per heavy atom. The van der Waals surface area contributed by atoms with E-state index in [0.717, 1.165) is 0 Å². The molecule has 0 saturated carbocycles. The molecule has 24 heavy (non-hydrogen) atoms. The maximum Gasteiger partial charge on any atom is 0.161 e. The van der Waals surface area contributed by atoms with E-state index in [1.807, 2.05) is 13.8 Å². The van der Waals surface area contributed by atoms with Crippen LogP contribution in [-0.2, 0) is 0 Å². The number of hydrogen-bond acceptors (Lipinski definition) is 6. The van der Waals surface area contributed by atoms with Gasteiger partial charge in [-0.3, -0.25) is 0 Å². The number of nitrogen functional groups attached to an aromatic ring is 1. The standard InChI is InChI=1S/C18H16N4O2/c1-10(2)17-12(8-19)16(13(9-20)18(21)22-17)11-3-4-14-15(7-11)24-6-5-23-14/h3-4,7,10H,5-6H2,1-2H3,(H2,21,22). The summed E-state index contributed by atoms with van der Waals surface area (Å²) in [7, 11) is 0. The molecule has 6 nitrogen and oxygen atoms in total. The number of aromatic nitrogens is 1. The molecular weight excluding hydrogens is 304 g/mol. The van der Waals surface area contributed by atoms with Crippen molar-refractivity contribution in [3.05, 3.63) is 35.0 Å². The van der Waals surface area contributed by atoms with Gasteiger partial charge in [0.25, 0.3) is 0 Å². The second-order valence-corrected chi connectivity index (χ2v) is 5.74. The molecule has 2 heterocycles. The van der Waals surface area contributed by atoms with E-state index in [0.29, 0.717) is 47.1 Å². The second-order valence-electron chi connectivity index (χ2n) is 5.74. The van der Waals surface area contributed by atoms with E-state index in [-0.39, 0.29) is 17.3 Å². The highest BCUT2D eigenvalue weighted by molar-refractivity contribution is 5.82. The smallest absolute Gasteiger partial charge is 0.161 e. The molecule has 0 amide bonds. The summed E-state index contributed by atoms with van der Waals surface area (Å²) in [6.07, 6.45) is 0. The predicted octanol–water partition coefficient (Wildman–Crippen LogP) is 2.97. The summed E-state index contributed by atoms with van der Waals surface area (Å²) in [6, 6.07) is 9.61. The molecule has 0 aliphatic carbocycles. The fourth-order valence-electron chi connectivity index (χ4n) is 2.75. The summed E-state index contributed by atoms with van der Waals surface area (Å²) < 4.78 is 11.1. The van der Waals surface area contributed by atoms with Gasteiger partial charge in [-0.15, -0.1) is 0 Å². The van der Waals surface area contributed by atoms with Gasteiger partial charge in [-0.1, -0.05) is 19.9 Å². The number of anilines is 1. The third-order valence-corrected chi connectivity index (χ3v) is 3.85. The van der Waals surface area contributed by atoms with Gasteiger partial charge in [-0.05, 0) is 23.6 Å². The van der Waals surface area contributed by atoms with E-state index in [4.69, 9.17) is 15.2 Å². The molecule has 0 saturated heterocycles. The van der Waals surface area contributed by atoms with Crippen LogP contribution in [-0.4, -0.2) is 18.2 Å². The number of hydrogen-bond donors (Lipinski definition) is 1. The highest BCUT2D eigenvalue weighted by Crippen LogP contribution is 2.39. The van der Waals surface area contributed by atoms with Gasteiger partial charge in [-0.25, -0.2) is 4.98 Å². The van der Waals surface area contributed by atoms with Crippen LogP contribution in [0.3, 0.4) is 0 Å². The molecule has 120 valence electrons. The Kier molecular flexibility index (Phi) is 3.97. The van der Waals surface area contributed by atoms with E-state index in [9.17, 15) is 10.5 Å². The van der Waals surface area contributed by atoms with Gasteiger partial charge in [0.05, 0.1) is 11.3 Å². The minimum Gasteiger partial charge on any atom is -0.486 e. The van der Waals surface area contributed by atoms with Crippen molar-refractivity contribution in [3.63, 3.8) is 0 Å². The van der Waals surface area contributed by atoms with Gasteiger partial charge < -0.3 is 15.2 Å². The molecule has 0 atom stereocenters. The van der Waals surface area contributed by atoms with Gasteiger partial charge in [-0.2, -0.15) is 10.5 Å². The minimum absolute atomic E-state index is 0.00523. The van der Waals surface area contributed by atoms with Crippen molar-refractivity contribution in [1.29, 1.82) is 10.5 Å². The third-order valence-electron chi connectivity index (χ3n) is 3.85. The van der Waals surface area contributed by atoms with Crippen LogP contribution in [0.15, 0.2) is 18.2 Å². The van der Waals surface area contributed by atoms with Crippen LogP contribution < -0.4 is 15.2 Å². The highest BCUT2D eigenvalue weighted by Gasteiger charge is 2.23. The Morgan fingerprint density at radius 2 is 1.75 bits per heavy atom. The molecule has 1 aliphatic rings. The molecule has 0 fully saturated rings. The van der Waals surface area contributed by atoms with Crippen molar-refractivity contribution >= 4 is 5.82 Å². The minimum atomic E-state index is 0.00523. The van der Waals surface area contributed by atoms with Gasteiger partial charge in [0.1, 0.15) is 36.7 Å². The van der Waals surface area contributed by atoms with E-state index in [1.54, 1.807) is 18.2 Å². The predicted molar refractivity (Wildman–Crippen MR) is 88.6 cm³/mol. The van der Waals surface area contributed by atoms with Crippen LogP contribution in [0.4, 0.5) is 5.82 Å². The van der Waals surface area contributed by atoms with Crippen LogP contribution in [0.2, 0.25) is 0 Å². The number of rotatable bonds is 2. The maximum atomic E-state index is 9.66. The number of ether oxygens (including phenoxy) is 2. The van der Waals surface area contributed by atoms with Crippen LogP contribution >= 0.6 is 0 Å². The topological polar surface area (TPSA) is 105 Å². The van der Waals surface area contributed by atoms with Crippen LogP contribution in [0.25, 0.3) is 11.1 Å². The lowest BCUT2D eigenvalue weighted by Crippen LogP contribution is -2.15. The first-order valence-electron chi connectivity index (χ1n) is 7.60. The average Bonchev–Trinajstić information content (AvgIpc) is 2.60. The molecule has 0 spiro atoms. The zero-order valence-electron chi connectivity index (χ0n) is 13.5. The monoisotopic (exact) mass is 320 g/mol. The van der Waals surface area contributed by atoms with Crippen molar-refractivity contribution < 1.29 is 9.47 Å². The number of nitrogens with zero attached hydrogens (tertiary/aromatic N) is 3. The largest absolute Gasteiger partial charge is 0.486 e. The summed E-state index contributed by atoms with van der Waals surface area (Å²) in [5.74, 6) is 1.37. The SMILES string of the molecule is CC(C)c1nc(N)c(C#N)c(-c2ccc3c(c2)OCCO3)c1C#N. The molecule has 2 N–H and O–H groups in total. The van der Waals surface area contributed by atoms with Crippen molar-refractivity contribution in [3.8, 4) is 34.8 Å². The van der Waals surface area contributed by atoms with Crippen LogP contribution in [0.1, 0.15) is 36.6 Å².